The Labute approximate surface area is 533 Å². The Morgan fingerprint density at radius 3 is 0.913 bits per heavy atom. The summed E-state index contributed by atoms with van der Waals surface area (Å²) < 4.78 is 134. The van der Waals surface area contributed by atoms with Crippen molar-refractivity contribution in [1.29, 1.82) is 0 Å². The molecule has 0 aliphatic heterocycles. The van der Waals surface area contributed by atoms with Gasteiger partial charge in [-0.15, -0.1) is 0 Å². The number of rotatable bonds is 26. The minimum Gasteiger partial charge on any atom is -0.395 e. The van der Waals surface area contributed by atoms with E-state index in [4.69, 9.17) is 40.9 Å². The summed E-state index contributed by atoms with van der Waals surface area (Å²) in [4.78, 5) is 44.7. The molecule has 0 saturated heterocycles. The smallest absolute Gasteiger partial charge is 0.323 e. The van der Waals surface area contributed by atoms with Crippen LogP contribution in [0.15, 0.2) is 103 Å². The number of fused-ring (bicyclic) bond motifs is 2. The van der Waals surface area contributed by atoms with Crippen molar-refractivity contribution in [1.82, 2.24) is 19.6 Å². The molecule has 2 amide bonds. The summed E-state index contributed by atoms with van der Waals surface area (Å²) in [6, 6.07) is 13.2. The van der Waals surface area contributed by atoms with Crippen molar-refractivity contribution in [3.8, 4) is 0 Å². The number of benzene rings is 4. The third-order valence-corrected chi connectivity index (χ3v) is 16.0. The number of aryl methyl sites for hydroxylation is 2. The van der Waals surface area contributed by atoms with Crippen LogP contribution >= 0.6 is 0 Å². The molecule has 0 heterocycles. The van der Waals surface area contributed by atoms with Crippen LogP contribution in [0.5, 0.6) is 0 Å². The van der Waals surface area contributed by atoms with Gasteiger partial charge in [-0.2, -0.15) is 43.9 Å². The molecule has 0 atom stereocenters. The van der Waals surface area contributed by atoms with Gasteiger partial charge in [0.15, 0.2) is 11.4 Å². The predicted molar refractivity (Wildman–Crippen MR) is 344 cm³/mol. The van der Waals surface area contributed by atoms with Gasteiger partial charge in [0.05, 0.1) is 74.0 Å². The molecule has 6 rings (SSSR count). The van der Waals surface area contributed by atoms with E-state index in [-0.39, 0.29) is 109 Å². The van der Waals surface area contributed by atoms with Gasteiger partial charge in [0.25, 0.3) is 40.5 Å². The molecule has 2 aliphatic rings. The second-order valence-corrected chi connectivity index (χ2v) is 25.5. The Kier molecular flexibility index (Phi) is 34.3. The van der Waals surface area contributed by atoms with E-state index >= 15 is 0 Å². The number of aliphatic hydroxyl groups excluding tert-OH is 8. The molecule has 4 aromatic carbocycles. The molecule has 92 heavy (non-hydrogen) atoms. The summed E-state index contributed by atoms with van der Waals surface area (Å²) in [7, 11) is -11.8. The molecule has 0 aromatic heterocycles. The van der Waals surface area contributed by atoms with Crippen LogP contribution in [0.2, 0.25) is 0 Å². The molecular weight excluding hydrogens is 1300 g/mol. The van der Waals surface area contributed by atoms with Crippen molar-refractivity contribution in [2.45, 2.75) is 23.6 Å². The minimum atomic E-state index is -5.08. The lowest BCUT2D eigenvalue weighted by atomic mass is 9.94. The molecule has 0 spiro atoms. The summed E-state index contributed by atoms with van der Waals surface area (Å²) in [6.07, 6.45) is 1.86. The van der Waals surface area contributed by atoms with Gasteiger partial charge in [-0.05, 0) is 149 Å². The Bertz CT molecular complexity index is 3450. The molecule has 4 aromatic rings. The number of hydrogen-bond donors (Lipinski definition) is 16. The van der Waals surface area contributed by atoms with Crippen LogP contribution in [0.1, 0.15) is 43.0 Å². The molecule has 512 valence electrons. The molecule has 0 saturated carbocycles. The summed E-state index contributed by atoms with van der Waals surface area (Å²) in [5, 5.41) is 79.4. The van der Waals surface area contributed by atoms with E-state index in [0.717, 1.165) is 36.4 Å². The van der Waals surface area contributed by atoms with Crippen molar-refractivity contribution in [3.63, 3.8) is 0 Å². The number of hydrogen-bond acceptors (Lipinski definition) is 27. The number of aliphatic hydroxyl groups is 8. The highest BCUT2D eigenvalue weighted by Gasteiger charge is 2.35. The van der Waals surface area contributed by atoms with Crippen LogP contribution < -0.4 is 21.5 Å². The van der Waals surface area contributed by atoms with E-state index in [1.165, 1.54) is 62.4 Å². The highest BCUT2D eigenvalue weighted by atomic mass is 32.2. The second kappa shape index (κ2) is 38.9. The van der Waals surface area contributed by atoms with Crippen LogP contribution in [0.25, 0.3) is 12.2 Å². The fourth-order valence-electron chi connectivity index (χ4n) is 7.62. The number of likely N-dealkylation sites (N-methyl/N-ethyl adjacent to an activating group) is 4. The molecule has 2 aliphatic carbocycles. The van der Waals surface area contributed by atoms with E-state index in [2.05, 4.69) is 31.7 Å². The van der Waals surface area contributed by atoms with Crippen LogP contribution in [-0.2, 0) is 40.5 Å². The number of ketones is 2. The summed E-state index contributed by atoms with van der Waals surface area (Å²) >= 11 is 0. The lowest BCUT2D eigenvalue weighted by Crippen LogP contribution is -2.27. The number of nitrogens with zero attached hydrogens (tertiary/aromatic N) is 6. The lowest BCUT2D eigenvalue weighted by Gasteiger charge is -2.18. The van der Waals surface area contributed by atoms with Gasteiger partial charge in [0.1, 0.15) is 9.81 Å². The second-order valence-electron chi connectivity index (χ2n) is 19.9. The van der Waals surface area contributed by atoms with Crippen molar-refractivity contribution in [3.05, 3.63) is 116 Å². The molecule has 0 unspecified atom stereocenters. The van der Waals surface area contributed by atoms with Crippen LogP contribution in [-0.4, -0.2) is 275 Å². The fraction of sp³-hybridized carbons (Fsp3) is 0.400. The number of anilines is 4. The van der Waals surface area contributed by atoms with Gasteiger partial charge in [0, 0.05) is 74.9 Å². The van der Waals surface area contributed by atoms with Crippen molar-refractivity contribution >= 4 is 104 Å². The zero-order valence-corrected chi connectivity index (χ0v) is 54.3. The van der Waals surface area contributed by atoms with Crippen LogP contribution in [0, 0.1) is 13.8 Å². The number of nitrogens with one attached hydrogen (secondary N) is 4. The normalized spacial score (nSPS) is 13.9. The zero-order valence-electron chi connectivity index (χ0n) is 51.1. The Balaban J connectivity index is 0.000000733. The Morgan fingerprint density at radius 1 is 0.413 bits per heavy atom. The van der Waals surface area contributed by atoms with Gasteiger partial charge in [-0.25, -0.2) is 4.79 Å². The van der Waals surface area contributed by atoms with Gasteiger partial charge in [-0.3, -0.25) is 38.7 Å². The first-order chi connectivity index (χ1) is 43.0. The number of amides is 2. The quantitative estimate of drug-likeness (QED) is 0.0287. The van der Waals surface area contributed by atoms with Crippen molar-refractivity contribution in [2.75, 3.05) is 155 Å². The molecule has 37 heteroatoms. The minimum absolute atomic E-state index is 0.0240. The molecular formula is C55H80N10O23S4. The number of allylic oxidation sites excluding steroid dienone is 2. The number of Topliss-reactive ketones (excluding diaryl/α,β-unsaturated/α-hetero) is 2. The van der Waals surface area contributed by atoms with Crippen LogP contribution in [0.3, 0.4) is 0 Å². The Morgan fingerprint density at radius 2 is 0.685 bits per heavy atom. The largest absolute Gasteiger partial charge is 0.395 e. The summed E-state index contributed by atoms with van der Waals surface area (Å²) in [6.45, 7) is 9.31. The zero-order chi connectivity index (χ0) is 69.7. The van der Waals surface area contributed by atoms with Crippen LogP contribution in [0.4, 0.5) is 27.5 Å². The lowest BCUT2D eigenvalue weighted by molar-refractivity contribution is 0.105. The maximum atomic E-state index is 13.4. The first kappa shape index (κ1) is 81.2. The topological polar surface area (TPSA) is 516 Å². The van der Waals surface area contributed by atoms with Gasteiger partial charge in [0.2, 0.25) is 11.6 Å². The van der Waals surface area contributed by atoms with Gasteiger partial charge < -0.3 is 71.1 Å². The molecule has 33 nitrogen and oxygen atoms in total. The number of urea groups is 1. The van der Waals surface area contributed by atoms with Gasteiger partial charge >= 0.3 is 6.03 Å². The average Bonchev–Trinajstić information content (AvgIpc) is 0.786. The van der Waals surface area contributed by atoms with E-state index in [9.17, 15) is 66.3 Å². The highest BCUT2D eigenvalue weighted by molar-refractivity contribution is 7.91. The van der Waals surface area contributed by atoms with E-state index in [1.54, 1.807) is 0 Å². The molecule has 0 radical (unpaired) electrons. The average molecular weight is 1380 g/mol. The predicted octanol–water partition coefficient (Wildman–Crippen LogP) is -0.162. The highest BCUT2D eigenvalue weighted by Crippen LogP contribution is 2.31. The Hall–Kier alpha value is -6.93. The van der Waals surface area contributed by atoms with E-state index in [0.29, 0.717) is 52.4 Å². The van der Waals surface area contributed by atoms with Crippen molar-refractivity contribution in [2.24, 2.45) is 10.2 Å². The van der Waals surface area contributed by atoms with E-state index < -0.39 is 89.1 Å². The SMILES string of the molecule is CN(CCO)CCO.CN(CCO)CCO.CN(CCO)CCO.CN(CCO)CCO.Cc1cc(S(=O)(=O)O)ccc1N/N=C1/C(=O)c2ccc(NC(=O)Nc3ccc4c(c3)C=C(S(=O)(=O)O)/C(=N\Nc3ccc(S(=O)(=O)O)cc3C)C4=O)cc2C=C1S(=O)(=O)O. The third kappa shape index (κ3) is 27.3. The number of hydrazone groups is 2. The molecule has 0 bridgehead atoms. The molecule has 0 fully saturated rings. The maximum absolute atomic E-state index is 13.4. The first-order valence-electron chi connectivity index (χ1n) is 27.3. The maximum Gasteiger partial charge on any atom is 0.323 e. The monoisotopic (exact) mass is 1380 g/mol. The standard InChI is InChI=1S/C35H28N6O15S4.4C5H13NO2/c1-17-11-23(57(45,46)47)5-9-27(17)38-40-31-29(59(51,52)53)15-19-13-21(3-7-25(19)33(31)42)36-35(44)37-22-4-8-26-20(14-22)16-30(60(54,55)56)32(34(26)43)41-39-28-10-6-24(12-18(28)2)58(48,49)50;4*1-6(2-4-7)3-5-8/h3-16,38-39H,1-2H3,(H2,36,37,44)(H,45,46,47)(H,48,49,50)(H,51,52,53)(H,54,55,56);4*7-8H,2-5H2,1H3/b40-31+,41-32+;;;;. The fourth-order valence-corrected chi connectivity index (χ4v) is 10.1. The number of carbonyl (C=O) groups is 3. The van der Waals surface area contributed by atoms with Gasteiger partial charge in [-0.1, -0.05) is 0 Å². The first-order valence-corrected chi connectivity index (χ1v) is 33.1. The third-order valence-electron chi connectivity index (χ3n) is 12.6. The molecule has 16 N–H and O–H groups in total. The van der Waals surface area contributed by atoms with Crippen molar-refractivity contribution < 1.29 is 107 Å². The van der Waals surface area contributed by atoms with E-state index in [1.807, 2.05) is 47.8 Å². The summed E-state index contributed by atoms with van der Waals surface area (Å²) in [5.74, 6) is -1.91. The summed E-state index contributed by atoms with van der Waals surface area (Å²) in [5.41, 5.74) is 3.96. The number of carbonyl (C=O) groups excluding carboxylic acids is 3.